The standard InChI is InChI=1S/C13H29NO/c1-5-7-9-13(8-6-2)14-10-12(3)11-15-4/h12-14H,5-11H2,1-4H3. The number of nitrogens with one attached hydrogen (secondary N) is 1. The van der Waals surface area contributed by atoms with E-state index in [1.54, 1.807) is 7.11 Å². The molecule has 0 amide bonds. The molecule has 0 heterocycles. The highest BCUT2D eigenvalue weighted by Crippen LogP contribution is 2.07. The number of rotatable bonds is 10. The lowest BCUT2D eigenvalue weighted by Gasteiger charge is -2.20. The van der Waals surface area contributed by atoms with Gasteiger partial charge in [0.05, 0.1) is 0 Å². The van der Waals surface area contributed by atoms with Gasteiger partial charge in [-0.05, 0) is 18.8 Å². The first-order valence-electron chi connectivity index (χ1n) is 6.46. The molecule has 0 radical (unpaired) electrons. The van der Waals surface area contributed by atoms with Crippen LogP contribution in [0.5, 0.6) is 0 Å². The molecular formula is C13H29NO. The van der Waals surface area contributed by atoms with Crippen LogP contribution in [0.1, 0.15) is 52.9 Å². The Kier molecular flexibility index (Phi) is 10.4. The number of unbranched alkanes of at least 4 members (excludes halogenated alkanes) is 1. The fourth-order valence-corrected chi connectivity index (χ4v) is 1.86. The zero-order valence-electron chi connectivity index (χ0n) is 11.0. The zero-order chi connectivity index (χ0) is 11.5. The highest BCUT2D eigenvalue weighted by molar-refractivity contribution is 4.68. The monoisotopic (exact) mass is 215 g/mol. The molecule has 0 bridgehead atoms. The fraction of sp³-hybridized carbons (Fsp3) is 1.00. The van der Waals surface area contributed by atoms with Crippen molar-refractivity contribution in [1.29, 1.82) is 0 Å². The normalized spacial score (nSPS) is 15.2. The van der Waals surface area contributed by atoms with E-state index in [2.05, 4.69) is 26.1 Å². The molecule has 0 aliphatic carbocycles. The maximum atomic E-state index is 5.14. The van der Waals surface area contributed by atoms with E-state index in [1.807, 2.05) is 0 Å². The summed E-state index contributed by atoms with van der Waals surface area (Å²) in [7, 11) is 1.77. The van der Waals surface area contributed by atoms with E-state index in [0.29, 0.717) is 12.0 Å². The topological polar surface area (TPSA) is 21.3 Å². The van der Waals surface area contributed by atoms with Gasteiger partial charge in [0.2, 0.25) is 0 Å². The molecule has 0 saturated carbocycles. The molecule has 0 aliphatic rings. The second-order valence-corrected chi connectivity index (χ2v) is 4.60. The summed E-state index contributed by atoms with van der Waals surface area (Å²) in [6.07, 6.45) is 6.55. The van der Waals surface area contributed by atoms with E-state index in [9.17, 15) is 0 Å². The molecule has 0 aromatic rings. The number of methoxy groups -OCH3 is 1. The molecule has 0 rings (SSSR count). The van der Waals surface area contributed by atoms with Crippen molar-refractivity contribution < 1.29 is 4.74 Å². The molecule has 0 spiro atoms. The van der Waals surface area contributed by atoms with Gasteiger partial charge in [-0.2, -0.15) is 0 Å². The zero-order valence-corrected chi connectivity index (χ0v) is 11.0. The van der Waals surface area contributed by atoms with E-state index >= 15 is 0 Å². The number of ether oxygens (including phenoxy) is 1. The van der Waals surface area contributed by atoms with Crippen LogP contribution in [0.4, 0.5) is 0 Å². The van der Waals surface area contributed by atoms with Crippen molar-refractivity contribution in [2.24, 2.45) is 5.92 Å². The lowest BCUT2D eigenvalue weighted by molar-refractivity contribution is 0.156. The summed E-state index contributed by atoms with van der Waals surface area (Å²) in [5.41, 5.74) is 0. The maximum Gasteiger partial charge on any atom is 0.0499 e. The summed E-state index contributed by atoms with van der Waals surface area (Å²) in [5, 5.41) is 3.66. The van der Waals surface area contributed by atoms with Crippen LogP contribution in [0.25, 0.3) is 0 Å². The van der Waals surface area contributed by atoms with Gasteiger partial charge in [-0.3, -0.25) is 0 Å². The van der Waals surface area contributed by atoms with E-state index in [4.69, 9.17) is 4.74 Å². The van der Waals surface area contributed by atoms with Crippen LogP contribution in [0.15, 0.2) is 0 Å². The van der Waals surface area contributed by atoms with Crippen LogP contribution in [0.2, 0.25) is 0 Å². The minimum Gasteiger partial charge on any atom is -0.384 e. The van der Waals surface area contributed by atoms with Crippen LogP contribution < -0.4 is 5.32 Å². The molecule has 2 nitrogen and oxygen atoms in total. The summed E-state index contributed by atoms with van der Waals surface area (Å²) in [4.78, 5) is 0. The van der Waals surface area contributed by atoms with Gasteiger partial charge in [0.25, 0.3) is 0 Å². The highest BCUT2D eigenvalue weighted by atomic mass is 16.5. The Labute approximate surface area is 95.8 Å². The Morgan fingerprint density at radius 1 is 1.13 bits per heavy atom. The molecule has 2 unspecified atom stereocenters. The van der Waals surface area contributed by atoms with E-state index in [-0.39, 0.29) is 0 Å². The Hall–Kier alpha value is -0.0800. The van der Waals surface area contributed by atoms with Gasteiger partial charge in [0, 0.05) is 26.3 Å². The Morgan fingerprint density at radius 2 is 1.87 bits per heavy atom. The van der Waals surface area contributed by atoms with Gasteiger partial charge in [-0.15, -0.1) is 0 Å². The number of hydrogen-bond acceptors (Lipinski definition) is 2. The molecule has 0 saturated heterocycles. The first-order valence-corrected chi connectivity index (χ1v) is 6.46. The van der Waals surface area contributed by atoms with Crippen molar-refractivity contribution >= 4 is 0 Å². The van der Waals surface area contributed by atoms with E-state index in [0.717, 1.165) is 13.2 Å². The molecule has 0 aromatic carbocycles. The lowest BCUT2D eigenvalue weighted by atomic mass is 10.0. The average molecular weight is 215 g/mol. The summed E-state index contributed by atoms with van der Waals surface area (Å²) in [6.45, 7) is 8.71. The molecule has 1 N–H and O–H groups in total. The Bertz CT molecular complexity index is 128. The van der Waals surface area contributed by atoms with E-state index < -0.39 is 0 Å². The average Bonchev–Trinajstić information content (AvgIpc) is 2.22. The van der Waals surface area contributed by atoms with Crippen molar-refractivity contribution in [2.75, 3.05) is 20.3 Å². The van der Waals surface area contributed by atoms with Gasteiger partial charge in [0.1, 0.15) is 0 Å². The van der Waals surface area contributed by atoms with Crippen LogP contribution in [0, 0.1) is 5.92 Å². The summed E-state index contributed by atoms with van der Waals surface area (Å²) in [5.74, 6) is 0.621. The minimum atomic E-state index is 0.621. The van der Waals surface area contributed by atoms with Gasteiger partial charge in [-0.25, -0.2) is 0 Å². The lowest BCUT2D eigenvalue weighted by Crippen LogP contribution is -2.33. The smallest absolute Gasteiger partial charge is 0.0499 e. The first kappa shape index (κ1) is 14.9. The second kappa shape index (κ2) is 10.4. The molecule has 15 heavy (non-hydrogen) atoms. The highest BCUT2D eigenvalue weighted by Gasteiger charge is 2.08. The predicted octanol–water partition coefficient (Wildman–Crippen LogP) is 3.22. The summed E-state index contributed by atoms with van der Waals surface area (Å²) < 4.78 is 5.14. The van der Waals surface area contributed by atoms with Gasteiger partial charge in [-0.1, -0.05) is 40.0 Å². The maximum absolute atomic E-state index is 5.14. The third kappa shape index (κ3) is 8.88. The summed E-state index contributed by atoms with van der Waals surface area (Å²) in [6, 6.07) is 0.717. The quantitative estimate of drug-likeness (QED) is 0.604. The third-order valence-corrected chi connectivity index (χ3v) is 2.75. The van der Waals surface area contributed by atoms with Crippen molar-refractivity contribution in [3.63, 3.8) is 0 Å². The van der Waals surface area contributed by atoms with Crippen LogP contribution in [-0.4, -0.2) is 26.3 Å². The number of hydrogen-bond donors (Lipinski definition) is 1. The van der Waals surface area contributed by atoms with Crippen molar-refractivity contribution in [3.8, 4) is 0 Å². The molecule has 0 fully saturated rings. The molecule has 2 heteroatoms. The SMILES string of the molecule is CCCCC(CCC)NCC(C)COC. The molecule has 92 valence electrons. The second-order valence-electron chi connectivity index (χ2n) is 4.60. The van der Waals surface area contributed by atoms with Crippen LogP contribution in [-0.2, 0) is 4.74 Å². The van der Waals surface area contributed by atoms with Gasteiger partial charge >= 0.3 is 0 Å². The van der Waals surface area contributed by atoms with Crippen molar-refractivity contribution in [1.82, 2.24) is 5.32 Å². The first-order chi connectivity index (χ1) is 7.24. The minimum absolute atomic E-state index is 0.621. The van der Waals surface area contributed by atoms with Gasteiger partial charge < -0.3 is 10.1 Å². The molecular weight excluding hydrogens is 186 g/mol. The van der Waals surface area contributed by atoms with Gasteiger partial charge in [0.15, 0.2) is 0 Å². The van der Waals surface area contributed by atoms with Crippen LogP contribution in [0.3, 0.4) is 0 Å². The molecule has 0 aliphatic heterocycles. The fourth-order valence-electron chi connectivity index (χ4n) is 1.86. The van der Waals surface area contributed by atoms with Crippen molar-refractivity contribution in [2.45, 2.75) is 58.9 Å². The molecule has 2 atom stereocenters. The third-order valence-electron chi connectivity index (χ3n) is 2.75. The predicted molar refractivity (Wildman–Crippen MR) is 67.3 cm³/mol. The molecule has 0 aromatic heterocycles. The Morgan fingerprint density at radius 3 is 2.40 bits per heavy atom. The summed E-state index contributed by atoms with van der Waals surface area (Å²) >= 11 is 0. The largest absolute Gasteiger partial charge is 0.384 e. The van der Waals surface area contributed by atoms with Crippen molar-refractivity contribution in [3.05, 3.63) is 0 Å². The van der Waals surface area contributed by atoms with E-state index in [1.165, 1.54) is 32.1 Å². The Balaban J connectivity index is 3.63. The van der Waals surface area contributed by atoms with Crippen LogP contribution >= 0.6 is 0 Å².